The number of allylic oxidation sites excluding steroid dienone is 6. The van der Waals surface area contributed by atoms with E-state index in [9.17, 15) is 0 Å². The molecular formula is C13H21N. The molecule has 0 aliphatic heterocycles. The summed E-state index contributed by atoms with van der Waals surface area (Å²) in [6, 6.07) is 0. The van der Waals surface area contributed by atoms with Crippen molar-refractivity contribution in [3.63, 3.8) is 0 Å². The quantitative estimate of drug-likeness (QED) is 0.463. The van der Waals surface area contributed by atoms with Gasteiger partial charge in [-0.15, -0.1) is 0 Å². The van der Waals surface area contributed by atoms with Crippen molar-refractivity contribution in [2.24, 2.45) is 10.9 Å². The number of hydrogen-bond acceptors (Lipinski definition) is 1. The lowest BCUT2D eigenvalue weighted by Gasteiger charge is -1.96. The lowest BCUT2D eigenvalue weighted by atomic mass is 10.1. The van der Waals surface area contributed by atoms with Gasteiger partial charge in [0.05, 0.1) is 0 Å². The molecule has 0 heterocycles. The molecule has 1 heteroatoms. The van der Waals surface area contributed by atoms with Crippen LogP contribution in [0.1, 0.15) is 27.2 Å². The maximum absolute atomic E-state index is 3.97. The summed E-state index contributed by atoms with van der Waals surface area (Å²) in [5, 5.41) is 0. The van der Waals surface area contributed by atoms with Crippen LogP contribution in [0.25, 0.3) is 0 Å². The van der Waals surface area contributed by atoms with Crippen molar-refractivity contribution in [3.8, 4) is 0 Å². The fraction of sp³-hybridized carbons (Fsp3) is 0.462. The summed E-state index contributed by atoms with van der Waals surface area (Å²) in [4.78, 5) is 3.97. The molecule has 0 N–H and O–H groups in total. The standard InChI is InChI=1S/C13H21N/c1-5-12(3)9-7-8-10-13(6-2)11-14-4/h6-12H,5H2,1-4H3/b9-7-,10-8-,13-6-,14-11-. The van der Waals surface area contributed by atoms with Crippen molar-refractivity contribution in [2.45, 2.75) is 27.2 Å². The van der Waals surface area contributed by atoms with E-state index < -0.39 is 0 Å². The maximum Gasteiger partial charge on any atom is 0.0278 e. The fourth-order valence-corrected chi connectivity index (χ4v) is 0.919. The Bertz CT molecular complexity index is 244. The van der Waals surface area contributed by atoms with Crippen LogP contribution in [0.4, 0.5) is 0 Å². The van der Waals surface area contributed by atoms with Crippen LogP contribution >= 0.6 is 0 Å². The van der Waals surface area contributed by atoms with Gasteiger partial charge in [-0.25, -0.2) is 0 Å². The molecular weight excluding hydrogens is 170 g/mol. The largest absolute Gasteiger partial charge is 0.296 e. The van der Waals surface area contributed by atoms with Crippen molar-refractivity contribution in [3.05, 3.63) is 36.0 Å². The second-order valence-corrected chi connectivity index (χ2v) is 3.31. The molecule has 0 aliphatic carbocycles. The van der Waals surface area contributed by atoms with Gasteiger partial charge < -0.3 is 0 Å². The second kappa shape index (κ2) is 8.49. The van der Waals surface area contributed by atoms with Crippen molar-refractivity contribution in [1.29, 1.82) is 0 Å². The summed E-state index contributed by atoms with van der Waals surface area (Å²) < 4.78 is 0. The molecule has 0 aliphatic rings. The first-order chi connectivity index (χ1) is 6.74. The molecule has 0 radical (unpaired) electrons. The summed E-state index contributed by atoms with van der Waals surface area (Å²) in [5.74, 6) is 0.661. The van der Waals surface area contributed by atoms with Crippen molar-refractivity contribution >= 4 is 6.21 Å². The van der Waals surface area contributed by atoms with Crippen molar-refractivity contribution in [1.82, 2.24) is 0 Å². The van der Waals surface area contributed by atoms with Gasteiger partial charge in [0.2, 0.25) is 0 Å². The molecule has 1 atom stereocenters. The Morgan fingerprint density at radius 1 is 1.36 bits per heavy atom. The molecule has 0 saturated carbocycles. The molecule has 1 nitrogen and oxygen atoms in total. The van der Waals surface area contributed by atoms with Crippen LogP contribution in [0.2, 0.25) is 0 Å². The normalized spacial score (nSPS) is 16.1. The van der Waals surface area contributed by atoms with Crippen LogP contribution in [0.3, 0.4) is 0 Å². The fourth-order valence-electron chi connectivity index (χ4n) is 0.919. The van der Waals surface area contributed by atoms with Crippen LogP contribution in [0.5, 0.6) is 0 Å². The molecule has 0 bridgehead atoms. The number of hydrogen-bond donors (Lipinski definition) is 0. The highest BCUT2D eigenvalue weighted by atomic mass is 14.6. The van der Waals surface area contributed by atoms with E-state index >= 15 is 0 Å². The van der Waals surface area contributed by atoms with Crippen LogP contribution in [-0.4, -0.2) is 13.3 Å². The molecule has 0 spiro atoms. The number of aliphatic imine (C=N–C) groups is 1. The lowest BCUT2D eigenvalue weighted by Crippen LogP contribution is -1.83. The molecule has 0 aromatic rings. The Morgan fingerprint density at radius 3 is 2.57 bits per heavy atom. The lowest BCUT2D eigenvalue weighted by molar-refractivity contribution is 0.698. The second-order valence-electron chi connectivity index (χ2n) is 3.31. The van der Waals surface area contributed by atoms with Crippen LogP contribution in [-0.2, 0) is 0 Å². The van der Waals surface area contributed by atoms with Gasteiger partial charge in [0.1, 0.15) is 0 Å². The van der Waals surface area contributed by atoms with Gasteiger partial charge in [0, 0.05) is 13.3 Å². The summed E-state index contributed by atoms with van der Waals surface area (Å²) in [7, 11) is 1.78. The van der Waals surface area contributed by atoms with Gasteiger partial charge in [0.25, 0.3) is 0 Å². The minimum atomic E-state index is 0.661. The molecule has 1 unspecified atom stereocenters. The highest BCUT2D eigenvalue weighted by Gasteiger charge is 1.87. The molecule has 0 fully saturated rings. The summed E-state index contributed by atoms with van der Waals surface area (Å²) in [6.45, 7) is 6.42. The average Bonchev–Trinajstić information content (AvgIpc) is 2.22. The monoisotopic (exact) mass is 191 g/mol. The van der Waals surface area contributed by atoms with Gasteiger partial charge in [-0.05, 0) is 18.4 Å². The molecule has 0 aromatic carbocycles. The van der Waals surface area contributed by atoms with E-state index in [2.05, 4.69) is 43.1 Å². The zero-order chi connectivity index (χ0) is 10.8. The smallest absolute Gasteiger partial charge is 0.0278 e. The van der Waals surface area contributed by atoms with E-state index in [1.165, 1.54) is 6.42 Å². The first kappa shape index (κ1) is 12.9. The topological polar surface area (TPSA) is 12.4 Å². The average molecular weight is 191 g/mol. The van der Waals surface area contributed by atoms with Gasteiger partial charge in [-0.3, -0.25) is 4.99 Å². The van der Waals surface area contributed by atoms with E-state index in [0.717, 1.165) is 5.57 Å². The van der Waals surface area contributed by atoms with Crippen LogP contribution in [0.15, 0.2) is 40.9 Å². The summed E-state index contributed by atoms with van der Waals surface area (Å²) >= 11 is 0. The SMILES string of the molecule is C/C=C(/C=C\C=C/C(C)CC)\C=N/C. The van der Waals surface area contributed by atoms with Gasteiger partial charge in [0.15, 0.2) is 0 Å². The summed E-state index contributed by atoms with van der Waals surface area (Å²) in [6.07, 6.45) is 13.5. The Balaban J connectivity index is 4.10. The Labute approximate surface area is 87.9 Å². The zero-order valence-corrected chi connectivity index (χ0v) is 9.70. The number of nitrogens with zero attached hydrogens (tertiary/aromatic N) is 1. The highest BCUT2D eigenvalue weighted by Crippen LogP contribution is 2.02. The van der Waals surface area contributed by atoms with E-state index in [0.29, 0.717) is 5.92 Å². The molecule has 14 heavy (non-hydrogen) atoms. The van der Waals surface area contributed by atoms with Crippen LogP contribution in [0, 0.1) is 5.92 Å². The first-order valence-electron chi connectivity index (χ1n) is 5.17. The van der Waals surface area contributed by atoms with Gasteiger partial charge in [-0.1, -0.05) is 50.6 Å². The van der Waals surface area contributed by atoms with E-state index in [4.69, 9.17) is 0 Å². The number of rotatable bonds is 5. The van der Waals surface area contributed by atoms with E-state index in [-0.39, 0.29) is 0 Å². The Morgan fingerprint density at radius 2 is 2.07 bits per heavy atom. The van der Waals surface area contributed by atoms with Crippen molar-refractivity contribution in [2.75, 3.05) is 7.05 Å². The third kappa shape index (κ3) is 6.41. The first-order valence-corrected chi connectivity index (χ1v) is 5.17. The van der Waals surface area contributed by atoms with E-state index in [1.807, 2.05) is 19.2 Å². The Hall–Kier alpha value is -1.11. The van der Waals surface area contributed by atoms with Gasteiger partial charge >= 0.3 is 0 Å². The highest BCUT2D eigenvalue weighted by molar-refractivity contribution is 5.82. The summed E-state index contributed by atoms with van der Waals surface area (Å²) in [5.41, 5.74) is 1.14. The maximum atomic E-state index is 3.97. The molecule has 0 amide bonds. The molecule has 78 valence electrons. The molecule has 0 aromatic heterocycles. The van der Waals surface area contributed by atoms with Gasteiger partial charge in [-0.2, -0.15) is 0 Å². The minimum absolute atomic E-state index is 0.661. The third-order valence-corrected chi connectivity index (χ3v) is 2.09. The van der Waals surface area contributed by atoms with Crippen LogP contribution < -0.4 is 0 Å². The molecule has 0 saturated heterocycles. The predicted octanol–water partition coefficient (Wildman–Crippen LogP) is 3.79. The minimum Gasteiger partial charge on any atom is -0.296 e. The van der Waals surface area contributed by atoms with Crippen molar-refractivity contribution < 1.29 is 0 Å². The van der Waals surface area contributed by atoms with E-state index in [1.54, 1.807) is 7.05 Å². The third-order valence-electron chi connectivity index (χ3n) is 2.09. The zero-order valence-electron chi connectivity index (χ0n) is 9.70. The predicted molar refractivity (Wildman–Crippen MR) is 65.9 cm³/mol. The Kier molecular flexibility index (Phi) is 7.81. The molecule has 0 rings (SSSR count).